The molecule has 0 spiro atoms. The van der Waals surface area contributed by atoms with Crippen LogP contribution in [0.5, 0.6) is 0 Å². The molecule has 3 N–H and O–H groups in total. The number of amides is 2. The molecule has 7 heteroatoms. The van der Waals surface area contributed by atoms with Crippen LogP contribution in [0.4, 0.5) is 17.1 Å². The number of nitrogens with one attached hydrogen (secondary N) is 3. The highest BCUT2D eigenvalue weighted by Gasteiger charge is 2.11. The Morgan fingerprint density at radius 1 is 0.750 bits per heavy atom. The standard InChI is InChI=1S/C25H21N5O2/c1-26-21-7-2-5-17(15-21)24(31)28-19-10-12-20(13-11-19)29-25(32)23-9-3-8-22(30-23)18-6-4-14-27-16-18/h2-16,26H,1H3,(H,28,31)(H,29,32). The predicted molar refractivity (Wildman–Crippen MR) is 126 cm³/mol. The first kappa shape index (κ1) is 20.7. The zero-order valence-corrected chi connectivity index (χ0v) is 17.4. The van der Waals surface area contributed by atoms with E-state index in [4.69, 9.17) is 0 Å². The Morgan fingerprint density at radius 3 is 2.16 bits per heavy atom. The quantitative estimate of drug-likeness (QED) is 0.418. The molecule has 4 aromatic rings. The topological polar surface area (TPSA) is 96.0 Å². The van der Waals surface area contributed by atoms with Gasteiger partial charge in [0.05, 0.1) is 5.69 Å². The molecule has 0 radical (unpaired) electrons. The number of nitrogens with zero attached hydrogens (tertiary/aromatic N) is 2. The summed E-state index contributed by atoms with van der Waals surface area (Å²) in [5.41, 5.74) is 4.44. The molecule has 0 saturated heterocycles. The molecule has 2 aromatic heterocycles. The Morgan fingerprint density at radius 2 is 1.47 bits per heavy atom. The van der Waals surface area contributed by atoms with Gasteiger partial charge < -0.3 is 16.0 Å². The zero-order chi connectivity index (χ0) is 22.3. The lowest BCUT2D eigenvalue weighted by atomic mass is 10.1. The third-order valence-electron chi connectivity index (χ3n) is 4.75. The van der Waals surface area contributed by atoms with Crippen LogP contribution in [0, 0.1) is 0 Å². The van der Waals surface area contributed by atoms with E-state index in [0.29, 0.717) is 28.3 Å². The van der Waals surface area contributed by atoms with Gasteiger partial charge in [-0.1, -0.05) is 12.1 Å². The van der Waals surface area contributed by atoms with Gasteiger partial charge in [-0.15, -0.1) is 0 Å². The Kier molecular flexibility index (Phi) is 6.17. The summed E-state index contributed by atoms with van der Waals surface area (Å²) in [6.45, 7) is 0. The summed E-state index contributed by atoms with van der Waals surface area (Å²) in [6.07, 6.45) is 3.39. The lowest BCUT2D eigenvalue weighted by Gasteiger charge is -2.09. The van der Waals surface area contributed by atoms with E-state index in [1.165, 1.54) is 0 Å². The van der Waals surface area contributed by atoms with Crippen LogP contribution in [0.1, 0.15) is 20.8 Å². The summed E-state index contributed by atoms with van der Waals surface area (Å²) in [5.74, 6) is -0.535. The molecular weight excluding hydrogens is 402 g/mol. The molecule has 0 saturated carbocycles. The van der Waals surface area contributed by atoms with Crippen LogP contribution in [0.15, 0.2) is 91.3 Å². The van der Waals surface area contributed by atoms with Gasteiger partial charge in [-0.25, -0.2) is 4.98 Å². The molecule has 2 aromatic carbocycles. The molecule has 4 rings (SSSR count). The van der Waals surface area contributed by atoms with Gasteiger partial charge in [0.25, 0.3) is 11.8 Å². The van der Waals surface area contributed by atoms with Gasteiger partial charge >= 0.3 is 0 Å². The van der Waals surface area contributed by atoms with Crippen LogP contribution in [0.3, 0.4) is 0 Å². The molecule has 0 bridgehead atoms. The number of anilines is 3. The van der Waals surface area contributed by atoms with Crippen molar-refractivity contribution in [2.24, 2.45) is 0 Å². The normalized spacial score (nSPS) is 10.3. The maximum atomic E-state index is 12.6. The van der Waals surface area contributed by atoms with Crippen molar-refractivity contribution in [1.82, 2.24) is 9.97 Å². The average Bonchev–Trinajstić information content (AvgIpc) is 2.86. The van der Waals surface area contributed by atoms with E-state index in [9.17, 15) is 9.59 Å². The van der Waals surface area contributed by atoms with E-state index in [1.807, 2.05) is 30.3 Å². The van der Waals surface area contributed by atoms with Gasteiger partial charge in [0, 0.05) is 47.6 Å². The number of rotatable bonds is 6. The average molecular weight is 423 g/mol. The minimum absolute atomic E-state index is 0.213. The van der Waals surface area contributed by atoms with E-state index in [2.05, 4.69) is 25.9 Å². The first-order chi connectivity index (χ1) is 15.6. The molecule has 158 valence electrons. The lowest BCUT2D eigenvalue weighted by Crippen LogP contribution is -2.14. The van der Waals surface area contributed by atoms with Crippen molar-refractivity contribution < 1.29 is 9.59 Å². The second-order valence-electron chi connectivity index (χ2n) is 6.97. The van der Waals surface area contributed by atoms with Gasteiger partial charge in [0.15, 0.2) is 0 Å². The Labute approximate surface area is 185 Å². The van der Waals surface area contributed by atoms with E-state index in [0.717, 1.165) is 11.3 Å². The summed E-state index contributed by atoms with van der Waals surface area (Å²) < 4.78 is 0. The van der Waals surface area contributed by atoms with Gasteiger partial charge in [-0.3, -0.25) is 14.6 Å². The maximum Gasteiger partial charge on any atom is 0.274 e. The zero-order valence-electron chi connectivity index (χ0n) is 17.4. The number of carbonyl (C=O) groups is 2. The van der Waals surface area contributed by atoms with Crippen LogP contribution in [0.2, 0.25) is 0 Å². The number of aromatic nitrogens is 2. The van der Waals surface area contributed by atoms with Crippen molar-refractivity contribution in [2.45, 2.75) is 0 Å². The van der Waals surface area contributed by atoms with E-state index in [1.54, 1.807) is 68.0 Å². The Bertz CT molecular complexity index is 1240. The molecule has 2 amide bonds. The fraction of sp³-hybridized carbons (Fsp3) is 0.0400. The number of hydrogen-bond acceptors (Lipinski definition) is 5. The second kappa shape index (κ2) is 9.53. The molecule has 7 nitrogen and oxygen atoms in total. The van der Waals surface area contributed by atoms with E-state index < -0.39 is 0 Å². The maximum absolute atomic E-state index is 12.6. The molecular formula is C25H21N5O2. The Balaban J connectivity index is 1.41. The molecule has 32 heavy (non-hydrogen) atoms. The molecule has 0 aliphatic carbocycles. The van der Waals surface area contributed by atoms with Crippen molar-refractivity contribution in [3.8, 4) is 11.3 Å². The first-order valence-corrected chi connectivity index (χ1v) is 10.0. The molecule has 0 unspecified atom stereocenters. The van der Waals surface area contributed by atoms with Gasteiger partial charge in [-0.2, -0.15) is 0 Å². The highest BCUT2D eigenvalue weighted by Crippen LogP contribution is 2.18. The summed E-state index contributed by atoms with van der Waals surface area (Å²) in [5, 5.41) is 8.69. The summed E-state index contributed by atoms with van der Waals surface area (Å²) in [7, 11) is 1.80. The second-order valence-corrected chi connectivity index (χ2v) is 6.97. The molecule has 0 atom stereocenters. The number of hydrogen-bond donors (Lipinski definition) is 3. The van der Waals surface area contributed by atoms with Crippen molar-refractivity contribution in [3.63, 3.8) is 0 Å². The van der Waals surface area contributed by atoms with Crippen LogP contribution in [0.25, 0.3) is 11.3 Å². The largest absolute Gasteiger partial charge is 0.388 e. The van der Waals surface area contributed by atoms with Gasteiger partial charge in [0.2, 0.25) is 0 Å². The van der Waals surface area contributed by atoms with Crippen molar-refractivity contribution in [1.29, 1.82) is 0 Å². The molecule has 2 heterocycles. The van der Waals surface area contributed by atoms with E-state index in [-0.39, 0.29) is 11.8 Å². The minimum atomic E-state index is -0.323. The van der Waals surface area contributed by atoms with E-state index >= 15 is 0 Å². The smallest absolute Gasteiger partial charge is 0.274 e. The third kappa shape index (κ3) is 4.96. The predicted octanol–water partition coefficient (Wildman–Crippen LogP) is 4.69. The minimum Gasteiger partial charge on any atom is -0.388 e. The first-order valence-electron chi connectivity index (χ1n) is 10.0. The SMILES string of the molecule is CNc1cccc(C(=O)Nc2ccc(NC(=O)c3cccc(-c4cccnc4)n3)cc2)c1. The summed E-state index contributed by atoms with van der Waals surface area (Å²) in [4.78, 5) is 33.6. The highest BCUT2D eigenvalue weighted by molar-refractivity contribution is 6.05. The van der Waals surface area contributed by atoms with Crippen molar-refractivity contribution >= 4 is 28.9 Å². The van der Waals surface area contributed by atoms with Crippen LogP contribution < -0.4 is 16.0 Å². The highest BCUT2D eigenvalue weighted by atomic mass is 16.2. The van der Waals surface area contributed by atoms with Crippen LogP contribution in [-0.4, -0.2) is 28.8 Å². The van der Waals surface area contributed by atoms with Crippen molar-refractivity contribution in [3.05, 3.63) is 103 Å². The monoisotopic (exact) mass is 423 g/mol. The molecule has 0 aliphatic rings. The van der Waals surface area contributed by atoms with Crippen LogP contribution in [-0.2, 0) is 0 Å². The number of carbonyl (C=O) groups excluding carboxylic acids is 2. The van der Waals surface area contributed by atoms with Gasteiger partial charge in [-0.05, 0) is 66.7 Å². The summed E-state index contributed by atoms with van der Waals surface area (Å²) in [6, 6.07) is 23.1. The third-order valence-corrected chi connectivity index (χ3v) is 4.75. The number of benzene rings is 2. The lowest BCUT2D eigenvalue weighted by molar-refractivity contribution is 0.101. The molecule has 0 aliphatic heterocycles. The van der Waals surface area contributed by atoms with Gasteiger partial charge in [0.1, 0.15) is 5.69 Å². The fourth-order valence-corrected chi connectivity index (χ4v) is 3.09. The summed E-state index contributed by atoms with van der Waals surface area (Å²) >= 11 is 0. The number of pyridine rings is 2. The molecule has 0 fully saturated rings. The van der Waals surface area contributed by atoms with Crippen molar-refractivity contribution in [2.75, 3.05) is 23.0 Å². The Hall–Kier alpha value is -4.52. The van der Waals surface area contributed by atoms with Crippen LogP contribution >= 0.6 is 0 Å². The fourth-order valence-electron chi connectivity index (χ4n) is 3.09.